The minimum Gasteiger partial charge on any atom is -0.399 e. The third kappa shape index (κ3) is 5.16. The van der Waals surface area contributed by atoms with Gasteiger partial charge in [-0.1, -0.05) is 11.6 Å². The van der Waals surface area contributed by atoms with Crippen molar-refractivity contribution in [3.63, 3.8) is 0 Å². The molecule has 0 radical (unpaired) electrons. The smallest absolute Gasteiger partial charge is 0.224 e. The monoisotopic (exact) mass is 325 g/mol. The Bertz CT molecular complexity index is 514. The molecule has 0 aromatic heterocycles. The highest BCUT2D eigenvalue weighted by molar-refractivity contribution is 6.34. The normalized spacial score (nSPS) is 22.5. The number of hydrogen-bond acceptors (Lipinski definition) is 4. The molecule has 6 heteroatoms. The summed E-state index contributed by atoms with van der Waals surface area (Å²) in [6.07, 6.45) is 1.80. The van der Waals surface area contributed by atoms with Crippen LogP contribution in [0.25, 0.3) is 0 Å². The highest BCUT2D eigenvalue weighted by atomic mass is 35.5. The molecule has 0 spiro atoms. The van der Waals surface area contributed by atoms with Crippen molar-refractivity contribution in [2.24, 2.45) is 0 Å². The van der Waals surface area contributed by atoms with Crippen molar-refractivity contribution in [1.29, 1.82) is 0 Å². The van der Waals surface area contributed by atoms with Crippen molar-refractivity contribution < 1.29 is 9.53 Å². The van der Waals surface area contributed by atoms with Gasteiger partial charge in [0, 0.05) is 25.2 Å². The van der Waals surface area contributed by atoms with E-state index in [0.29, 0.717) is 22.8 Å². The van der Waals surface area contributed by atoms with Crippen LogP contribution in [0.1, 0.15) is 26.7 Å². The fourth-order valence-electron chi connectivity index (χ4n) is 2.78. The Morgan fingerprint density at radius 1 is 1.41 bits per heavy atom. The molecule has 1 aromatic rings. The van der Waals surface area contributed by atoms with Crippen molar-refractivity contribution in [3.8, 4) is 0 Å². The number of carbonyl (C=O) groups is 1. The van der Waals surface area contributed by atoms with Gasteiger partial charge >= 0.3 is 0 Å². The van der Waals surface area contributed by atoms with Gasteiger partial charge in [-0.15, -0.1) is 0 Å². The molecule has 0 aliphatic carbocycles. The summed E-state index contributed by atoms with van der Waals surface area (Å²) in [5, 5.41) is 3.29. The van der Waals surface area contributed by atoms with Gasteiger partial charge in [-0.05, 0) is 45.0 Å². The topological polar surface area (TPSA) is 67.6 Å². The fraction of sp³-hybridized carbons (Fsp3) is 0.562. The van der Waals surface area contributed by atoms with Crippen LogP contribution in [0.2, 0.25) is 5.02 Å². The Labute approximate surface area is 136 Å². The van der Waals surface area contributed by atoms with Gasteiger partial charge in [0.1, 0.15) is 0 Å². The molecule has 1 fully saturated rings. The molecule has 2 unspecified atom stereocenters. The Balaban J connectivity index is 1.73. The van der Waals surface area contributed by atoms with Crippen molar-refractivity contribution in [2.45, 2.75) is 38.9 Å². The van der Waals surface area contributed by atoms with Gasteiger partial charge in [0.05, 0.1) is 22.9 Å². The molecule has 0 bridgehead atoms. The lowest BCUT2D eigenvalue weighted by atomic mass is 10.2. The Morgan fingerprint density at radius 3 is 2.73 bits per heavy atom. The second kappa shape index (κ2) is 7.81. The van der Waals surface area contributed by atoms with E-state index in [-0.39, 0.29) is 18.1 Å². The molecule has 1 aliphatic rings. The van der Waals surface area contributed by atoms with Crippen LogP contribution in [0.15, 0.2) is 18.2 Å². The van der Waals surface area contributed by atoms with Gasteiger partial charge in [0.25, 0.3) is 0 Å². The first-order chi connectivity index (χ1) is 10.4. The maximum absolute atomic E-state index is 12.0. The van der Waals surface area contributed by atoms with Crippen LogP contribution in [0.5, 0.6) is 0 Å². The Hall–Kier alpha value is -1.30. The number of nitrogens with zero attached hydrogens (tertiary/aromatic N) is 1. The highest BCUT2D eigenvalue weighted by Crippen LogP contribution is 2.24. The van der Waals surface area contributed by atoms with E-state index in [9.17, 15) is 4.79 Å². The van der Waals surface area contributed by atoms with Crippen LogP contribution >= 0.6 is 11.6 Å². The number of amides is 1. The zero-order valence-corrected chi connectivity index (χ0v) is 13.9. The van der Waals surface area contributed by atoms with Gasteiger partial charge in [0.2, 0.25) is 5.91 Å². The number of halogens is 1. The summed E-state index contributed by atoms with van der Waals surface area (Å²) in [7, 11) is 0. The summed E-state index contributed by atoms with van der Waals surface area (Å²) in [4.78, 5) is 14.3. The summed E-state index contributed by atoms with van der Waals surface area (Å²) in [5.74, 6) is -0.0268. The number of carbonyl (C=O) groups excluding carboxylic acids is 1. The second-order valence-electron chi connectivity index (χ2n) is 5.91. The summed E-state index contributed by atoms with van der Waals surface area (Å²) >= 11 is 6.04. The van der Waals surface area contributed by atoms with E-state index < -0.39 is 0 Å². The van der Waals surface area contributed by atoms with Crippen molar-refractivity contribution in [1.82, 2.24) is 4.90 Å². The van der Waals surface area contributed by atoms with Gasteiger partial charge < -0.3 is 15.8 Å². The van der Waals surface area contributed by atoms with E-state index in [2.05, 4.69) is 24.1 Å². The van der Waals surface area contributed by atoms with E-state index in [1.54, 1.807) is 18.2 Å². The fourth-order valence-corrected chi connectivity index (χ4v) is 3.01. The molecule has 3 N–H and O–H groups in total. The van der Waals surface area contributed by atoms with Gasteiger partial charge in [-0.3, -0.25) is 9.69 Å². The van der Waals surface area contributed by atoms with E-state index in [4.69, 9.17) is 22.1 Å². The number of benzene rings is 1. The largest absolute Gasteiger partial charge is 0.399 e. The van der Waals surface area contributed by atoms with Crippen molar-refractivity contribution in [3.05, 3.63) is 23.2 Å². The molecule has 5 nitrogen and oxygen atoms in total. The SMILES string of the molecule is CC1CN(CCCC(=O)Nc2ccc(N)cc2Cl)CC(C)O1. The average molecular weight is 326 g/mol. The molecule has 2 rings (SSSR count). The van der Waals surface area contributed by atoms with Gasteiger partial charge in [-0.25, -0.2) is 0 Å². The van der Waals surface area contributed by atoms with Crippen LogP contribution in [-0.4, -0.2) is 42.6 Å². The molecule has 122 valence electrons. The first-order valence-electron chi connectivity index (χ1n) is 7.66. The minimum absolute atomic E-state index is 0.0268. The summed E-state index contributed by atoms with van der Waals surface area (Å²) in [6.45, 7) is 6.92. The Morgan fingerprint density at radius 2 is 2.09 bits per heavy atom. The molecule has 1 saturated heterocycles. The predicted octanol–water partition coefficient (Wildman–Crippen LogP) is 2.75. The maximum Gasteiger partial charge on any atom is 0.224 e. The lowest BCUT2D eigenvalue weighted by Gasteiger charge is -2.35. The third-order valence-corrected chi connectivity index (χ3v) is 3.95. The molecule has 22 heavy (non-hydrogen) atoms. The van der Waals surface area contributed by atoms with Crippen LogP contribution in [0.4, 0.5) is 11.4 Å². The maximum atomic E-state index is 12.0. The second-order valence-corrected chi connectivity index (χ2v) is 6.32. The van der Waals surface area contributed by atoms with Gasteiger partial charge in [-0.2, -0.15) is 0 Å². The summed E-state index contributed by atoms with van der Waals surface area (Å²) in [5.41, 5.74) is 6.82. The molecule has 1 amide bonds. The molecule has 2 atom stereocenters. The zero-order chi connectivity index (χ0) is 16.1. The number of nitrogen functional groups attached to an aromatic ring is 1. The lowest BCUT2D eigenvalue weighted by Crippen LogP contribution is -2.45. The Kier molecular flexibility index (Phi) is 6.06. The van der Waals surface area contributed by atoms with Crippen LogP contribution in [0.3, 0.4) is 0 Å². The molecule has 1 heterocycles. The third-order valence-electron chi connectivity index (χ3n) is 3.64. The van der Waals surface area contributed by atoms with E-state index in [1.165, 1.54) is 0 Å². The number of anilines is 2. The van der Waals surface area contributed by atoms with E-state index >= 15 is 0 Å². The molecule has 1 aliphatic heterocycles. The number of nitrogens with two attached hydrogens (primary N) is 1. The van der Waals surface area contributed by atoms with Gasteiger partial charge in [0.15, 0.2) is 0 Å². The first-order valence-corrected chi connectivity index (χ1v) is 8.04. The zero-order valence-electron chi connectivity index (χ0n) is 13.1. The quantitative estimate of drug-likeness (QED) is 0.817. The minimum atomic E-state index is -0.0268. The number of rotatable bonds is 5. The number of nitrogens with one attached hydrogen (secondary N) is 1. The average Bonchev–Trinajstić information content (AvgIpc) is 2.41. The molecular weight excluding hydrogens is 302 g/mol. The van der Waals surface area contributed by atoms with Crippen LogP contribution in [-0.2, 0) is 9.53 Å². The predicted molar refractivity (Wildman–Crippen MR) is 90.2 cm³/mol. The summed E-state index contributed by atoms with van der Waals surface area (Å²) < 4.78 is 5.70. The lowest BCUT2D eigenvalue weighted by molar-refractivity contribution is -0.116. The standard InChI is InChI=1S/C16H24ClN3O2/c1-11-9-20(10-12(2)22-11)7-3-4-16(21)19-15-6-5-13(18)8-14(15)17/h5-6,8,11-12H,3-4,7,9-10,18H2,1-2H3,(H,19,21). The van der Waals surface area contributed by atoms with Crippen molar-refractivity contribution in [2.75, 3.05) is 30.7 Å². The number of morpholine rings is 1. The van der Waals surface area contributed by atoms with Crippen LogP contribution in [0, 0.1) is 0 Å². The van der Waals surface area contributed by atoms with Crippen molar-refractivity contribution >= 4 is 28.9 Å². The molecule has 0 saturated carbocycles. The van der Waals surface area contributed by atoms with E-state index in [0.717, 1.165) is 26.1 Å². The highest BCUT2D eigenvalue weighted by Gasteiger charge is 2.21. The van der Waals surface area contributed by atoms with E-state index in [1.807, 2.05) is 0 Å². The number of ether oxygens (including phenoxy) is 1. The molecule has 1 aromatic carbocycles. The summed E-state index contributed by atoms with van der Waals surface area (Å²) in [6, 6.07) is 5.08. The molecular formula is C16H24ClN3O2. The van der Waals surface area contributed by atoms with Crippen LogP contribution < -0.4 is 11.1 Å². The number of hydrogen-bond donors (Lipinski definition) is 2. The first kappa shape index (κ1) is 17.1.